The minimum atomic E-state index is -3.67. The average molecular weight is 411 g/mol. The minimum Gasteiger partial charge on any atom is -0.497 e. The highest BCUT2D eigenvalue weighted by atomic mass is 35.5. The normalized spacial score (nSPS) is 12.3. The summed E-state index contributed by atoms with van der Waals surface area (Å²) in [4.78, 5) is 12.7. The second-order valence-electron chi connectivity index (χ2n) is 6.03. The van der Waals surface area contributed by atoms with Crippen LogP contribution in [0.1, 0.15) is 18.9 Å². The summed E-state index contributed by atoms with van der Waals surface area (Å²) in [5.74, 6) is 0.358. The molecule has 2 aromatic rings. The number of nitrogens with zero attached hydrogens (tertiary/aromatic N) is 1. The Balaban J connectivity index is 2.19. The zero-order valence-corrected chi connectivity index (χ0v) is 17.0. The zero-order valence-electron chi connectivity index (χ0n) is 15.5. The molecule has 0 aromatic heterocycles. The van der Waals surface area contributed by atoms with Crippen molar-refractivity contribution in [3.05, 3.63) is 59.1 Å². The van der Waals surface area contributed by atoms with Crippen LogP contribution in [0.25, 0.3) is 0 Å². The van der Waals surface area contributed by atoms with Crippen LogP contribution in [0.4, 0.5) is 5.69 Å². The standard InChI is InChI=1S/C19H23ClN2O4S/c1-4-18(19(23)21-13-14-5-11-17(26-2)12-6-14)22(27(3,24)25)16-9-7-15(20)8-10-16/h5-12,18H,4,13H2,1-3H3,(H,21,23)/t18-/m1/s1. The van der Waals surface area contributed by atoms with Crippen LogP contribution < -0.4 is 14.4 Å². The second kappa shape index (κ2) is 9.10. The van der Waals surface area contributed by atoms with Gasteiger partial charge in [0.2, 0.25) is 15.9 Å². The number of sulfonamides is 1. The first-order valence-corrected chi connectivity index (χ1v) is 10.6. The van der Waals surface area contributed by atoms with Gasteiger partial charge in [-0.25, -0.2) is 8.42 Å². The van der Waals surface area contributed by atoms with Gasteiger partial charge in [0.25, 0.3) is 0 Å². The molecule has 0 unspecified atom stereocenters. The Morgan fingerprint density at radius 1 is 1.15 bits per heavy atom. The Morgan fingerprint density at radius 3 is 2.22 bits per heavy atom. The fourth-order valence-corrected chi connectivity index (χ4v) is 4.04. The van der Waals surface area contributed by atoms with Crippen molar-refractivity contribution in [2.24, 2.45) is 0 Å². The van der Waals surface area contributed by atoms with Gasteiger partial charge >= 0.3 is 0 Å². The van der Waals surface area contributed by atoms with Gasteiger partial charge < -0.3 is 10.1 Å². The number of ether oxygens (including phenoxy) is 1. The monoisotopic (exact) mass is 410 g/mol. The van der Waals surface area contributed by atoms with Gasteiger partial charge in [-0.2, -0.15) is 0 Å². The van der Waals surface area contributed by atoms with E-state index in [9.17, 15) is 13.2 Å². The Morgan fingerprint density at radius 2 is 1.74 bits per heavy atom. The number of hydrogen-bond donors (Lipinski definition) is 1. The highest BCUT2D eigenvalue weighted by Crippen LogP contribution is 2.24. The van der Waals surface area contributed by atoms with Crippen LogP contribution in [-0.4, -0.2) is 33.7 Å². The van der Waals surface area contributed by atoms with Crippen molar-refractivity contribution in [1.29, 1.82) is 0 Å². The van der Waals surface area contributed by atoms with Crippen molar-refractivity contribution in [1.82, 2.24) is 5.32 Å². The fourth-order valence-electron chi connectivity index (χ4n) is 2.70. The van der Waals surface area contributed by atoms with E-state index in [-0.39, 0.29) is 12.5 Å². The topological polar surface area (TPSA) is 75.7 Å². The maximum atomic E-state index is 12.7. The third-order valence-electron chi connectivity index (χ3n) is 4.04. The number of anilines is 1. The van der Waals surface area contributed by atoms with E-state index in [4.69, 9.17) is 16.3 Å². The molecule has 2 aromatic carbocycles. The number of carbonyl (C=O) groups excluding carboxylic acids is 1. The number of rotatable bonds is 8. The van der Waals surface area contributed by atoms with E-state index in [2.05, 4.69) is 5.32 Å². The number of benzene rings is 2. The molecule has 0 heterocycles. The number of halogens is 1. The van der Waals surface area contributed by atoms with Crippen molar-refractivity contribution in [2.45, 2.75) is 25.9 Å². The molecule has 2 rings (SSSR count). The molecule has 0 saturated heterocycles. The number of nitrogens with one attached hydrogen (secondary N) is 1. The lowest BCUT2D eigenvalue weighted by Gasteiger charge is -2.30. The quantitative estimate of drug-likeness (QED) is 0.725. The predicted molar refractivity (Wildman–Crippen MR) is 108 cm³/mol. The molecule has 0 saturated carbocycles. The molecule has 0 spiro atoms. The Kier molecular flexibility index (Phi) is 7.10. The third kappa shape index (κ3) is 5.61. The van der Waals surface area contributed by atoms with Crippen LogP contribution in [0.5, 0.6) is 5.75 Å². The van der Waals surface area contributed by atoms with Gasteiger partial charge in [0, 0.05) is 11.6 Å². The minimum absolute atomic E-state index is 0.289. The number of methoxy groups -OCH3 is 1. The summed E-state index contributed by atoms with van der Waals surface area (Å²) in [5.41, 5.74) is 1.28. The molecule has 0 aliphatic heterocycles. The summed E-state index contributed by atoms with van der Waals surface area (Å²) < 4.78 is 31.0. The maximum absolute atomic E-state index is 12.7. The molecule has 1 N–H and O–H groups in total. The van der Waals surface area contributed by atoms with Gasteiger partial charge in [0.05, 0.1) is 19.1 Å². The number of hydrogen-bond acceptors (Lipinski definition) is 4. The van der Waals surface area contributed by atoms with Gasteiger partial charge in [-0.3, -0.25) is 9.10 Å². The fraction of sp³-hybridized carbons (Fsp3) is 0.316. The van der Waals surface area contributed by atoms with Gasteiger partial charge in [0.15, 0.2) is 0 Å². The van der Waals surface area contributed by atoms with E-state index in [0.717, 1.165) is 21.9 Å². The van der Waals surface area contributed by atoms with Crippen molar-refractivity contribution < 1.29 is 17.9 Å². The molecule has 1 atom stereocenters. The highest BCUT2D eigenvalue weighted by Gasteiger charge is 2.31. The average Bonchev–Trinajstić information content (AvgIpc) is 2.64. The molecule has 1 amide bonds. The number of carbonyl (C=O) groups is 1. The van der Waals surface area contributed by atoms with Gasteiger partial charge in [-0.05, 0) is 48.4 Å². The molecule has 0 aliphatic rings. The molecule has 0 aliphatic carbocycles. The molecule has 0 bridgehead atoms. The smallest absolute Gasteiger partial charge is 0.244 e. The van der Waals surface area contributed by atoms with Gasteiger partial charge in [0.1, 0.15) is 11.8 Å². The Labute approximate surface area is 165 Å². The largest absolute Gasteiger partial charge is 0.497 e. The van der Waals surface area contributed by atoms with Crippen LogP contribution in [0.3, 0.4) is 0 Å². The SMILES string of the molecule is CC[C@H](C(=O)NCc1ccc(OC)cc1)N(c1ccc(Cl)cc1)S(C)(=O)=O. The summed E-state index contributed by atoms with van der Waals surface area (Å²) in [6.45, 7) is 2.06. The predicted octanol–water partition coefficient (Wildman–Crippen LogP) is 3.21. The summed E-state index contributed by atoms with van der Waals surface area (Å²) in [5, 5.41) is 3.30. The molecule has 0 radical (unpaired) electrons. The van der Waals surface area contributed by atoms with Crippen LogP contribution in [0, 0.1) is 0 Å². The van der Waals surface area contributed by atoms with Crippen molar-refractivity contribution in [3.63, 3.8) is 0 Å². The van der Waals surface area contributed by atoms with E-state index in [0.29, 0.717) is 17.1 Å². The molecule has 146 valence electrons. The molecule has 0 fully saturated rings. The molecular weight excluding hydrogens is 388 g/mol. The molecule has 27 heavy (non-hydrogen) atoms. The summed E-state index contributed by atoms with van der Waals surface area (Å²) >= 11 is 5.89. The lowest BCUT2D eigenvalue weighted by molar-refractivity contribution is -0.122. The van der Waals surface area contributed by atoms with Crippen LogP contribution in [0.15, 0.2) is 48.5 Å². The van der Waals surface area contributed by atoms with Crippen molar-refractivity contribution >= 4 is 33.2 Å². The Hall–Kier alpha value is -2.25. The first kappa shape index (κ1) is 21.1. The first-order valence-electron chi connectivity index (χ1n) is 8.42. The lowest BCUT2D eigenvalue weighted by atomic mass is 10.1. The van der Waals surface area contributed by atoms with E-state index in [1.807, 2.05) is 12.1 Å². The van der Waals surface area contributed by atoms with Crippen LogP contribution >= 0.6 is 11.6 Å². The van der Waals surface area contributed by atoms with Crippen molar-refractivity contribution in [2.75, 3.05) is 17.7 Å². The second-order valence-corrected chi connectivity index (χ2v) is 8.32. The summed E-state index contributed by atoms with van der Waals surface area (Å²) in [6.07, 6.45) is 1.41. The molecular formula is C19H23ClN2O4S. The maximum Gasteiger partial charge on any atom is 0.244 e. The molecule has 6 nitrogen and oxygen atoms in total. The van der Waals surface area contributed by atoms with E-state index in [1.165, 1.54) is 0 Å². The first-order chi connectivity index (χ1) is 12.8. The lowest BCUT2D eigenvalue weighted by Crippen LogP contribution is -2.49. The summed E-state index contributed by atoms with van der Waals surface area (Å²) in [7, 11) is -2.08. The number of amides is 1. The zero-order chi connectivity index (χ0) is 20.0. The Bertz CT molecular complexity index is 868. The molecule has 8 heteroatoms. The third-order valence-corrected chi connectivity index (χ3v) is 5.47. The van der Waals surface area contributed by atoms with Crippen molar-refractivity contribution in [3.8, 4) is 5.75 Å². The van der Waals surface area contributed by atoms with E-state index < -0.39 is 16.1 Å². The van der Waals surface area contributed by atoms with E-state index in [1.54, 1.807) is 50.4 Å². The van der Waals surface area contributed by atoms with E-state index >= 15 is 0 Å². The van der Waals surface area contributed by atoms with Crippen LogP contribution in [0.2, 0.25) is 5.02 Å². The highest BCUT2D eigenvalue weighted by molar-refractivity contribution is 7.92. The van der Waals surface area contributed by atoms with Crippen LogP contribution in [-0.2, 0) is 21.4 Å². The van der Waals surface area contributed by atoms with Gasteiger partial charge in [-0.15, -0.1) is 0 Å². The summed E-state index contributed by atoms with van der Waals surface area (Å²) in [6, 6.07) is 12.8. The van der Waals surface area contributed by atoms with Gasteiger partial charge in [-0.1, -0.05) is 30.7 Å².